The standard InChI is InChI=1S/C20H26N2O3S/c1-15-16(2)20(11-10-19(15)25-3)26(23,24)21-14-17-6-8-18(9-7-17)22-12-4-5-13-22/h6-11,21H,4-5,12-14H2,1-3H3. The first-order valence-corrected chi connectivity index (χ1v) is 10.4. The number of hydrogen-bond acceptors (Lipinski definition) is 4. The smallest absolute Gasteiger partial charge is 0.241 e. The van der Waals surface area contributed by atoms with Crippen LogP contribution >= 0.6 is 0 Å². The first-order valence-electron chi connectivity index (χ1n) is 8.90. The fraction of sp³-hybridized carbons (Fsp3) is 0.400. The number of benzene rings is 2. The van der Waals surface area contributed by atoms with Crippen molar-refractivity contribution in [1.29, 1.82) is 0 Å². The number of ether oxygens (including phenoxy) is 1. The average Bonchev–Trinajstić information content (AvgIpc) is 3.17. The van der Waals surface area contributed by atoms with Crippen LogP contribution in [0.4, 0.5) is 5.69 Å². The highest BCUT2D eigenvalue weighted by Gasteiger charge is 2.19. The second kappa shape index (κ2) is 7.68. The Balaban J connectivity index is 1.71. The fourth-order valence-electron chi connectivity index (χ4n) is 3.34. The highest BCUT2D eigenvalue weighted by atomic mass is 32.2. The highest BCUT2D eigenvalue weighted by Crippen LogP contribution is 2.27. The molecule has 0 bridgehead atoms. The van der Waals surface area contributed by atoms with Gasteiger partial charge in [0.2, 0.25) is 10.0 Å². The lowest BCUT2D eigenvalue weighted by atomic mass is 10.1. The van der Waals surface area contributed by atoms with Crippen LogP contribution in [0.1, 0.15) is 29.5 Å². The van der Waals surface area contributed by atoms with Gasteiger partial charge in [-0.2, -0.15) is 0 Å². The lowest BCUT2D eigenvalue weighted by molar-refractivity contribution is 0.410. The van der Waals surface area contributed by atoms with Crippen LogP contribution in [0.15, 0.2) is 41.3 Å². The van der Waals surface area contributed by atoms with Crippen molar-refractivity contribution in [3.05, 3.63) is 53.1 Å². The number of sulfonamides is 1. The zero-order valence-electron chi connectivity index (χ0n) is 15.6. The highest BCUT2D eigenvalue weighted by molar-refractivity contribution is 7.89. The predicted molar refractivity (Wildman–Crippen MR) is 104 cm³/mol. The van der Waals surface area contributed by atoms with Gasteiger partial charge in [-0.15, -0.1) is 0 Å². The minimum Gasteiger partial charge on any atom is -0.496 e. The summed E-state index contributed by atoms with van der Waals surface area (Å²) >= 11 is 0. The summed E-state index contributed by atoms with van der Waals surface area (Å²) in [5.41, 5.74) is 3.70. The zero-order chi connectivity index (χ0) is 18.7. The lowest BCUT2D eigenvalue weighted by Crippen LogP contribution is -2.24. The Labute approximate surface area is 156 Å². The molecule has 0 spiro atoms. The molecule has 0 aliphatic carbocycles. The van der Waals surface area contributed by atoms with E-state index in [0.29, 0.717) is 16.2 Å². The molecule has 0 amide bonds. The van der Waals surface area contributed by atoms with E-state index in [-0.39, 0.29) is 6.54 Å². The van der Waals surface area contributed by atoms with Crippen molar-refractivity contribution in [2.24, 2.45) is 0 Å². The maximum absolute atomic E-state index is 12.7. The van der Waals surface area contributed by atoms with Crippen molar-refractivity contribution >= 4 is 15.7 Å². The Kier molecular flexibility index (Phi) is 5.53. The molecule has 0 saturated carbocycles. The summed E-state index contributed by atoms with van der Waals surface area (Å²) in [4.78, 5) is 2.65. The van der Waals surface area contributed by atoms with Gasteiger partial charge in [0.05, 0.1) is 12.0 Å². The molecule has 3 rings (SSSR count). The molecule has 1 N–H and O–H groups in total. The Morgan fingerprint density at radius 2 is 1.65 bits per heavy atom. The SMILES string of the molecule is COc1ccc(S(=O)(=O)NCc2ccc(N3CCCC3)cc2)c(C)c1C. The first-order chi connectivity index (χ1) is 12.4. The van der Waals surface area contributed by atoms with Crippen LogP contribution in [0, 0.1) is 13.8 Å². The Morgan fingerprint density at radius 3 is 2.27 bits per heavy atom. The van der Waals surface area contributed by atoms with Gasteiger partial charge >= 0.3 is 0 Å². The molecule has 1 heterocycles. The first kappa shape index (κ1) is 18.7. The third-order valence-electron chi connectivity index (χ3n) is 5.07. The molecule has 0 unspecified atom stereocenters. The van der Waals surface area contributed by atoms with E-state index in [1.54, 1.807) is 26.2 Å². The molecular weight excluding hydrogens is 348 g/mol. The molecule has 0 atom stereocenters. The van der Waals surface area contributed by atoms with Crippen LogP contribution in [-0.4, -0.2) is 28.6 Å². The van der Waals surface area contributed by atoms with Gasteiger partial charge < -0.3 is 9.64 Å². The number of methoxy groups -OCH3 is 1. The normalized spacial score (nSPS) is 14.7. The lowest BCUT2D eigenvalue weighted by Gasteiger charge is -2.18. The minimum atomic E-state index is -3.58. The quantitative estimate of drug-likeness (QED) is 0.842. The average molecular weight is 375 g/mol. The Hall–Kier alpha value is -2.05. The summed E-state index contributed by atoms with van der Waals surface area (Å²) in [6.45, 7) is 6.14. The summed E-state index contributed by atoms with van der Waals surface area (Å²) in [6.07, 6.45) is 2.48. The second-order valence-electron chi connectivity index (χ2n) is 6.70. The molecule has 26 heavy (non-hydrogen) atoms. The van der Waals surface area contributed by atoms with E-state index in [4.69, 9.17) is 4.74 Å². The number of hydrogen-bond donors (Lipinski definition) is 1. The van der Waals surface area contributed by atoms with E-state index in [1.807, 2.05) is 19.1 Å². The summed E-state index contributed by atoms with van der Waals surface area (Å²) in [6, 6.07) is 11.4. The van der Waals surface area contributed by atoms with Gasteiger partial charge in [-0.3, -0.25) is 0 Å². The maximum Gasteiger partial charge on any atom is 0.241 e. The van der Waals surface area contributed by atoms with Gasteiger partial charge in [0.15, 0.2) is 0 Å². The van der Waals surface area contributed by atoms with Crippen molar-refractivity contribution < 1.29 is 13.2 Å². The summed E-state index contributed by atoms with van der Waals surface area (Å²) < 4.78 is 33.3. The van der Waals surface area contributed by atoms with Crippen molar-refractivity contribution in [2.45, 2.75) is 38.1 Å². The number of rotatable bonds is 6. The maximum atomic E-state index is 12.7. The van der Waals surface area contributed by atoms with Gasteiger partial charge in [-0.1, -0.05) is 12.1 Å². The summed E-state index contributed by atoms with van der Waals surface area (Å²) in [5.74, 6) is 0.693. The molecule has 1 fully saturated rings. The third-order valence-corrected chi connectivity index (χ3v) is 6.62. The number of anilines is 1. The van der Waals surface area contributed by atoms with Crippen molar-refractivity contribution in [3.8, 4) is 5.75 Å². The molecule has 5 nitrogen and oxygen atoms in total. The molecule has 0 aromatic heterocycles. The van der Waals surface area contributed by atoms with Crippen LogP contribution < -0.4 is 14.4 Å². The Morgan fingerprint density at radius 1 is 1.00 bits per heavy atom. The van der Waals surface area contributed by atoms with Crippen LogP contribution in [0.3, 0.4) is 0 Å². The van der Waals surface area contributed by atoms with Crippen molar-refractivity contribution in [2.75, 3.05) is 25.1 Å². The molecule has 6 heteroatoms. The molecule has 0 radical (unpaired) electrons. The van der Waals surface area contributed by atoms with Crippen LogP contribution in [0.2, 0.25) is 0 Å². The number of nitrogens with zero attached hydrogens (tertiary/aromatic N) is 1. The van der Waals surface area contributed by atoms with Gasteiger partial charge in [0.1, 0.15) is 5.75 Å². The predicted octanol–water partition coefficient (Wildman–Crippen LogP) is 3.39. The van der Waals surface area contributed by atoms with Crippen LogP contribution in [-0.2, 0) is 16.6 Å². The molecule has 1 saturated heterocycles. The number of nitrogens with one attached hydrogen (secondary N) is 1. The summed E-state index contributed by atoms with van der Waals surface area (Å²) in [7, 11) is -2.00. The molecular formula is C20H26N2O3S. The molecule has 2 aromatic carbocycles. The van der Waals surface area contributed by atoms with Gasteiger partial charge in [-0.25, -0.2) is 13.1 Å². The Bertz CT molecular complexity index is 871. The largest absolute Gasteiger partial charge is 0.496 e. The molecule has 2 aromatic rings. The van der Waals surface area contributed by atoms with E-state index in [2.05, 4.69) is 21.8 Å². The topological polar surface area (TPSA) is 58.6 Å². The minimum absolute atomic E-state index is 0.271. The molecule has 140 valence electrons. The van der Waals surface area contributed by atoms with Gasteiger partial charge in [0, 0.05) is 25.3 Å². The zero-order valence-corrected chi connectivity index (χ0v) is 16.4. The van der Waals surface area contributed by atoms with Crippen molar-refractivity contribution in [3.63, 3.8) is 0 Å². The second-order valence-corrected chi connectivity index (χ2v) is 8.44. The van der Waals surface area contributed by atoms with Gasteiger partial charge in [-0.05, 0) is 67.6 Å². The van der Waals surface area contributed by atoms with Crippen LogP contribution in [0.25, 0.3) is 0 Å². The molecule has 1 aliphatic heterocycles. The summed E-state index contributed by atoms with van der Waals surface area (Å²) in [5, 5.41) is 0. The monoisotopic (exact) mass is 374 g/mol. The van der Waals surface area contributed by atoms with Crippen molar-refractivity contribution in [1.82, 2.24) is 4.72 Å². The van der Waals surface area contributed by atoms with Gasteiger partial charge in [0.25, 0.3) is 0 Å². The van der Waals surface area contributed by atoms with E-state index in [0.717, 1.165) is 24.2 Å². The van der Waals surface area contributed by atoms with E-state index < -0.39 is 10.0 Å². The van der Waals surface area contributed by atoms with E-state index in [9.17, 15) is 8.42 Å². The fourth-order valence-corrected chi connectivity index (χ4v) is 4.65. The van der Waals surface area contributed by atoms with E-state index >= 15 is 0 Å². The third kappa shape index (κ3) is 3.86. The van der Waals surface area contributed by atoms with Crippen LogP contribution in [0.5, 0.6) is 5.75 Å². The molecule has 1 aliphatic rings. The van der Waals surface area contributed by atoms with E-state index in [1.165, 1.54) is 18.5 Å².